The minimum atomic E-state index is -1.33. The van der Waals surface area contributed by atoms with E-state index in [-0.39, 0.29) is 24.5 Å². The molecule has 0 aromatic heterocycles. The summed E-state index contributed by atoms with van der Waals surface area (Å²) < 4.78 is 12.9. The molecule has 0 saturated carbocycles. The molecule has 0 heterocycles. The van der Waals surface area contributed by atoms with Crippen molar-refractivity contribution in [2.45, 2.75) is 77.0 Å². The quantitative estimate of drug-likeness (QED) is 0.412. The maximum atomic E-state index is 13.3. The van der Waals surface area contributed by atoms with Crippen molar-refractivity contribution in [3.05, 3.63) is 29.8 Å². The molecule has 2 atom stereocenters. The van der Waals surface area contributed by atoms with Gasteiger partial charge in [-0.1, -0.05) is 57.2 Å². The third kappa shape index (κ3) is 10.1. The van der Waals surface area contributed by atoms with Crippen LogP contribution in [0.15, 0.2) is 29.2 Å². The number of carbonyl (C=O) groups is 2. The molecule has 1 rings (SSSR count). The van der Waals surface area contributed by atoms with E-state index in [0.29, 0.717) is 18.0 Å². The molecule has 1 N–H and O–H groups in total. The van der Waals surface area contributed by atoms with E-state index in [4.69, 9.17) is 5.11 Å². The fourth-order valence-electron chi connectivity index (χ4n) is 3.24. The lowest BCUT2D eigenvalue weighted by Gasteiger charge is -2.27. The van der Waals surface area contributed by atoms with Gasteiger partial charge in [-0.2, -0.15) is 0 Å². The molecule has 0 aliphatic rings. The molecule has 5 nitrogen and oxygen atoms in total. The van der Waals surface area contributed by atoms with Crippen LogP contribution in [0.3, 0.4) is 0 Å². The Morgan fingerprint density at radius 2 is 1.55 bits per heavy atom. The minimum Gasteiger partial charge on any atom is -0.481 e. The Hall–Kier alpha value is -1.69. The van der Waals surface area contributed by atoms with Crippen molar-refractivity contribution in [1.29, 1.82) is 0 Å². The third-order valence-electron chi connectivity index (χ3n) is 5.07. The zero-order valence-corrected chi connectivity index (χ0v) is 19.0. The Morgan fingerprint density at radius 3 is 2.03 bits per heavy atom. The third-order valence-corrected chi connectivity index (χ3v) is 6.57. The Balaban J connectivity index is 2.90. The monoisotopic (exact) mass is 423 g/mol. The van der Waals surface area contributed by atoms with Gasteiger partial charge in [0.2, 0.25) is 5.91 Å². The highest BCUT2D eigenvalue weighted by atomic mass is 32.2. The van der Waals surface area contributed by atoms with Crippen LogP contribution in [0.25, 0.3) is 0 Å². The number of carboxylic acids is 1. The van der Waals surface area contributed by atoms with Gasteiger partial charge < -0.3 is 10.0 Å². The van der Waals surface area contributed by atoms with E-state index in [1.165, 1.54) is 0 Å². The van der Waals surface area contributed by atoms with Crippen molar-refractivity contribution in [2.75, 3.05) is 18.8 Å². The average Bonchev–Trinajstić information content (AvgIpc) is 2.70. The second kappa shape index (κ2) is 14.3. The molecule has 1 amide bonds. The molecule has 2 unspecified atom stereocenters. The summed E-state index contributed by atoms with van der Waals surface area (Å²) in [7, 11) is -1.33. The van der Waals surface area contributed by atoms with Crippen molar-refractivity contribution in [3.8, 4) is 0 Å². The highest BCUT2D eigenvalue weighted by molar-refractivity contribution is 7.85. The van der Waals surface area contributed by atoms with Gasteiger partial charge >= 0.3 is 5.97 Å². The van der Waals surface area contributed by atoms with Gasteiger partial charge in [0.05, 0.1) is 16.7 Å². The molecule has 0 spiro atoms. The minimum absolute atomic E-state index is 0.0427. The number of nitrogens with zero attached hydrogens (tertiary/aromatic N) is 1. The number of hydrogen-bond donors (Lipinski definition) is 1. The molecule has 0 aliphatic heterocycles. The number of aryl methyl sites for hydroxylation is 1. The number of carbonyl (C=O) groups excluding carboxylic acids is 1. The van der Waals surface area contributed by atoms with Gasteiger partial charge in [-0.15, -0.1) is 0 Å². The van der Waals surface area contributed by atoms with Gasteiger partial charge in [0.25, 0.3) is 0 Å². The van der Waals surface area contributed by atoms with Crippen LogP contribution < -0.4 is 0 Å². The average molecular weight is 424 g/mol. The Labute approximate surface area is 178 Å². The molecular weight excluding hydrogens is 386 g/mol. The van der Waals surface area contributed by atoms with Crippen LogP contribution in [0.5, 0.6) is 0 Å². The number of aliphatic carboxylic acids is 1. The molecular formula is C23H37NO4S. The molecule has 0 bridgehead atoms. The summed E-state index contributed by atoms with van der Waals surface area (Å²) in [5.41, 5.74) is 1.09. The summed E-state index contributed by atoms with van der Waals surface area (Å²) in [6.07, 6.45) is 6.32. The smallest absolute Gasteiger partial charge is 0.303 e. The summed E-state index contributed by atoms with van der Waals surface area (Å²) in [4.78, 5) is 26.9. The van der Waals surface area contributed by atoms with Crippen LogP contribution in [0, 0.1) is 12.8 Å². The Kier molecular flexibility index (Phi) is 12.5. The first-order chi connectivity index (χ1) is 13.9. The van der Waals surface area contributed by atoms with E-state index in [0.717, 1.165) is 44.1 Å². The van der Waals surface area contributed by atoms with E-state index < -0.39 is 22.7 Å². The van der Waals surface area contributed by atoms with Crippen molar-refractivity contribution < 1.29 is 18.9 Å². The normalized spacial score (nSPS) is 13.1. The van der Waals surface area contributed by atoms with Gasteiger partial charge in [-0.05, 0) is 38.3 Å². The first-order valence-corrected chi connectivity index (χ1v) is 12.2. The molecule has 0 saturated heterocycles. The molecule has 0 fully saturated rings. The standard InChI is InChI=1S/C23H37NO4S/c1-4-6-8-16-24(17-9-7-5-2)23(27)20(12-15-22(25)26)18-29(28)21-13-10-19(3)11-14-21/h10-11,13-14,20H,4-9,12,15-18H2,1-3H3,(H,25,26). The SMILES string of the molecule is CCCCCN(CCCCC)C(=O)C(CCC(=O)O)CS(=O)c1ccc(C)cc1. The Bertz CT molecular complexity index is 635. The molecule has 0 aliphatic carbocycles. The summed E-state index contributed by atoms with van der Waals surface area (Å²) in [5.74, 6) is -1.32. The number of unbranched alkanes of at least 4 members (excludes halogenated alkanes) is 4. The van der Waals surface area contributed by atoms with Gasteiger partial charge in [-0.3, -0.25) is 13.8 Å². The lowest BCUT2D eigenvalue weighted by Crippen LogP contribution is -2.39. The highest BCUT2D eigenvalue weighted by Crippen LogP contribution is 2.18. The molecule has 164 valence electrons. The predicted octanol–water partition coefficient (Wildman–Crippen LogP) is 4.79. The van der Waals surface area contributed by atoms with Crippen LogP contribution in [0.4, 0.5) is 0 Å². The van der Waals surface area contributed by atoms with E-state index in [1.54, 1.807) is 0 Å². The van der Waals surface area contributed by atoms with Crippen molar-refractivity contribution in [1.82, 2.24) is 4.90 Å². The molecule has 6 heteroatoms. The fraction of sp³-hybridized carbons (Fsp3) is 0.652. The van der Waals surface area contributed by atoms with E-state index in [9.17, 15) is 13.8 Å². The maximum absolute atomic E-state index is 13.3. The zero-order valence-electron chi connectivity index (χ0n) is 18.2. The maximum Gasteiger partial charge on any atom is 0.303 e. The number of hydrogen-bond acceptors (Lipinski definition) is 3. The van der Waals surface area contributed by atoms with Crippen molar-refractivity contribution in [2.24, 2.45) is 5.92 Å². The Morgan fingerprint density at radius 1 is 1.00 bits per heavy atom. The van der Waals surface area contributed by atoms with Crippen LogP contribution in [-0.4, -0.2) is 44.9 Å². The van der Waals surface area contributed by atoms with Crippen molar-refractivity contribution >= 4 is 22.7 Å². The first kappa shape index (κ1) is 25.3. The van der Waals surface area contributed by atoms with Crippen LogP contribution in [-0.2, 0) is 20.4 Å². The van der Waals surface area contributed by atoms with Gasteiger partial charge in [0.15, 0.2) is 0 Å². The number of benzene rings is 1. The number of amides is 1. The summed E-state index contributed by atoms with van der Waals surface area (Å²) >= 11 is 0. The van der Waals surface area contributed by atoms with Crippen LogP contribution >= 0.6 is 0 Å². The number of carboxylic acid groups (broad SMARTS) is 1. The van der Waals surface area contributed by atoms with Gasteiger partial charge in [-0.25, -0.2) is 0 Å². The van der Waals surface area contributed by atoms with E-state index in [1.807, 2.05) is 36.1 Å². The van der Waals surface area contributed by atoms with Crippen molar-refractivity contribution in [3.63, 3.8) is 0 Å². The first-order valence-electron chi connectivity index (χ1n) is 10.8. The van der Waals surface area contributed by atoms with E-state index in [2.05, 4.69) is 13.8 Å². The highest BCUT2D eigenvalue weighted by Gasteiger charge is 2.27. The summed E-state index contributed by atoms with van der Waals surface area (Å²) in [6.45, 7) is 7.61. The lowest BCUT2D eigenvalue weighted by atomic mass is 10.0. The molecule has 0 radical (unpaired) electrons. The molecule has 29 heavy (non-hydrogen) atoms. The molecule has 1 aromatic rings. The zero-order chi connectivity index (χ0) is 21.6. The second-order valence-corrected chi connectivity index (χ2v) is 9.19. The second-order valence-electron chi connectivity index (χ2n) is 7.69. The van der Waals surface area contributed by atoms with E-state index >= 15 is 0 Å². The predicted molar refractivity (Wildman–Crippen MR) is 118 cm³/mol. The largest absolute Gasteiger partial charge is 0.481 e. The van der Waals surface area contributed by atoms with Gasteiger partial charge in [0, 0.05) is 30.2 Å². The van der Waals surface area contributed by atoms with Crippen LogP contribution in [0.2, 0.25) is 0 Å². The summed E-state index contributed by atoms with van der Waals surface area (Å²) in [5, 5.41) is 9.11. The van der Waals surface area contributed by atoms with Crippen LogP contribution in [0.1, 0.15) is 70.8 Å². The number of rotatable bonds is 15. The van der Waals surface area contributed by atoms with Gasteiger partial charge in [0.1, 0.15) is 0 Å². The fourth-order valence-corrected chi connectivity index (χ4v) is 4.55. The lowest BCUT2D eigenvalue weighted by molar-refractivity contribution is -0.138. The topological polar surface area (TPSA) is 74.7 Å². The molecule has 1 aromatic carbocycles. The summed E-state index contributed by atoms with van der Waals surface area (Å²) in [6, 6.07) is 7.46.